The average molecular weight is 594 g/mol. The number of halogens is 2. The lowest BCUT2D eigenvalue weighted by Gasteiger charge is -2.23. The van der Waals surface area contributed by atoms with E-state index in [1.165, 1.54) is 17.9 Å². The third-order valence-electron chi connectivity index (χ3n) is 5.35. The van der Waals surface area contributed by atoms with E-state index in [1.807, 2.05) is 13.8 Å². The summed E-state index contributed by atoms with van der Waals surface area (Å²) < 4.78 is 18.8. The first-order chi connectivity index (χ1) is 17.3. The number of methoxy groups -OCH3 is 1. The third kappa shape index (κ3) is 4.93. The van der Waals surface area contributed by atoms with Crippen LogP contribution >= 0.6 is 38.9 Å². The number of phenolic OH excluding ortho intramolecular Hbond substituents is 1. The van der Waals surface area contributed by atoms with Crippen molar-refractivity contribution in [2.75, 3.05) is 20.3 Å². The van der Waals surface area contributed by atoms with E-state index in [0.29, 0.717) is 49.6 Å². The minimum absolute atomic E-state index is 0.145. The molecule has 0 amide bonds. The number of rotatable bonds is 7. The first-order valence-electron chi connectivity index (χ1n) is 11.0. The highest BCUT2D eigenvalue weighted by molar-refractivity contribution is 9.10. The molecule has 2 heterocycles. The van der Waals surface area contributed by atoms with Gasteiger partial charge in [-0.25, -0.2) is 9.79 Å². The predicted molar refractivity (Wildman–Crippen MR) is 141 cm³/mol. The Labute approximate surface area is 223 Å². The fraction of sp³-hybridized carbons (Fsp3) is 0.240. The minimum atomic E-state index is -0.814. The number of phenols is 1. The van der Waals surface area contributed by atoms with Gasteiger partial charge in [0.2, 0.25) is 0 Å². The van der Waals surface area contributed by atoms with Crippen LogP contribution in [0, 0.1) is 0 Å². The molecule has 1 N–H and O–H groups in total. The van der Waals surface area contributed by atoms with Gasteiger partial charge in [-0.2, -0.15) is 0 Å². The summed E-state index contributed by atoms with van der Waals surface area (Å²) in [6.07, 6.45) is 2.95. The van der Waals surface area contributed by atoms with Crippen LogP contribution in [0.3, 0.4) is 0 Å². The van der Waals surface area contributed by atoms with Gasteiger partial charge >= 0.3 is 5.97 Å². The van der Waals surface area contributed by atoms with Crippen molar-refractivity contribution in [1.29, 1.82) is 0 Å². The number of hydrogen-bond acceptors (Lipinski definition) is 8. The van der Waals surface area contributed by atoms with E-state index < -0.39 is 12.0 Å². The summed E-state index contributed by atoms with van der Waals surface area (Å²) in [6.45, 7) is 4.59. The molecule has 0 bridgehead atoms. The van der Waals surface area contributed by atoms with Crippen molar-refractivity contribution in [1.82, 2.24) is 4.57 Å². The minimum Gasteiger partial charge on any atom is -0.506 e. The summed E-state index contributed by atoms with van der Waals surface area (Å²) in [5, 5.41) is 10.5. The van der Waals surface area contributed by atoms with Gasteiger partial charge in [-0.1, -0.05) is 44.9 Å². The Hall–Kier alpha value is -3.08. The summed E-state index contributed by atoms with van der Waals surface area (Å²) in [7, 11) is 1.27. The Balaban J connectivity index is 1.93. The van der Waals surface area contributed by atoms with Crippen LogP contribution in [-0.2, 0) is 9.53 Å². The van der Waals surface area contributed by atoms with Crippen LogP contribution in [0.1, 0.15) is 31.0 Å². The largest absolute Gasteiger partial charge is 0.506 e. The molecular formula is C25H22BrClN2O6S. The molecule has 1 aliphatic rings. The number of benzene rings is 2. The molecule has 1 aliphatic heterocycles. The van der Waals surface area contributed by atoms with Gasteiger partial charge in [0.05, 0.1) is 41.5 Å². The Morgan fingerprint density at radius 3 is 2.64 bits per heavy atom. The van der Waals surface area contributed by atoms with Crippen LogP contribution in [0.5, 0.6) is 17.2 Å². The second-order valence-electron chi connectivity index (χ2n) is 7.57. The Morgan fingerprint density at radius 1 is 1.22 bits per heavy atom. The van der Waals surface area contributed by atoms with Crippen molar-refractivity contribution in [3.05, 3.63) is 82.4 Å². The molecule has 2 aromatic carbocycles. The maximum atomic E-state index is 13.6. The number of aromatic hydroxyl groups is 1. The van der Waals surface area contributed by atoms with Gasteiger partial charge in [-0.15, -0.1) is 0 Å². The number of aromatic nitrogens is 1. The molecule has 8 nitrogen and oxygen atoms in total. The van der Waals surface area contributed by atoms with E-state index in [9.17, 15) is 14.7 Å². The van der Waals surface area contributed by atoms with Crippen molar-refractivity contribution in [2.45, 2.75) is 19.9 Å². The molecule has 1 atom stereocenters. The molecule has 4 rings (SSSR count). The molecule has 188 valence electrons. The Morgan fingerprint density at radius 2 is 1.94 bits per heavy atom. The summed E-state index contributed by atoms with van der Waals surface area (Å²) in [4.78, 5) is 31.1. The topological polar surface area (TPSA) is 99.4 Å². The molecule has 0 aliphatic carbocycles. The maximum absolute atomic E-state index is 13.6. The zero-order chi connectivity index (χ0) is 26.0. The van der Waals surface area contributed by atoms with Gasteiger partial charge in [0, 0.05) is 16.2 Å². The summed E-state index contributed by atoms with van der Waals surface area (Å²) in [5.41, 5.74) is 0.787. The van der Waals surface area contributed by atoms with Crippen LogP contribution in [0.2, 0.25) is 5.02 Å². The highest BCUT2D eigenvalue weighted by Crippen LogP contribution is 2.35. The molecule has 0 spiro atoms. The van der Waals surface area contributed by atoms with Crippen molar-refractivity contribution in [3.8, 4) is 17.2 Å². The zero-order valence-electron chi connectivity index (χ0n) is 19.6. The second kappa shape index (κ2) is 10.9. The van der Waals surface area contributed by atoms with Crippen LogP contribution in [0.25, 0.3) is 6.08 Å². The van der Waals surface area contributed by atoms with Crippen molar-refractivity contribution in [3.63, 3.8) is 0 Å². The van der Waals surface area contributed by atoms with Crippen LogP contribution in [0.15, 0.2) is 56.4 Å². The van der Waals surface area contributed by atoms with Gasteiger partial charge in [-0.3, -0.25) is 9.36 Å². The van der Waals surface area contributed by atoms with E-state index >= 15 is 0 Å². The first-order valence-corrected chi connectivity index (χ1v) is 12.9. The Bertz CT molecular complexity index is 1550. The molecule has 36 heavy (non-hydrogen) atoms. The van der Waals surface area contributed by atoms with Crippen LogP contribution in [0.4, 0.5) is 0 Å². The lowest BCUT2D eigenvalue weighted by Crippen LogP contribution is -2.39. The van der Waals surface area contributed by atoms with E-state index in [0.717, 1.165) is 11.3 Å². The van der Waals surface area contributed by atoms with Crippen molar-refractivity contribution >= 4 is 50.9 Å². The molecule has 11 heteroatoms. The number of thiazole rings is 1. The molecule has 0 saturated heterocycles. The van der Waals surface area contributed by atoms with Crippen molar-refractivity contribution < 1.29 is 24.1 Å². The third-order valence-corrected chi connectivity index (χ3v) is 7.10. The second-order valence-corrected chi connectivity index (χ2v) is 9.91. The number of esters is 1. The Kier molecular flexibility index (Phi) is 7.87. The highest BCUT2D eigenvalue weighted by atomic mass is 79.9. The number of carbonyl (C=O) groups is 1. The fourth-order valence-electron chi connectivity index (χ4n) is 3.82. The smallest absolute Gasteiger partial charge is 0.337 e. The zero-order valence-corrected chi connectivity index (χ0v) is 22.7. The number of carbonyl (C=O) groups excluding carboxylic acids is 1. The molecule has 0 radical (unpaired) electrons. The van der Waals surface area contributed by atoms with E-state index in [4.69, 9.17) is 25.8 Å². The summed E-state index contributed by atoms with van der Waals surface area (Å²) in [5.74, 6) is 0.293. The van der Waals surface area contributed by atoms with E-state index in [2.05, 4.69) is 20.9 Å². The average Bonchev–Trinajstić information content (AvgIpc) is 3.17. The van der Waals surface area contributed by atoms with Gasteiger partial charge in [0.1, 0.15) is 5.75 Å². The maximum Gasteiger partial charge on any atom is 0.337 e. The number of hydrogen-bond donors (Lipinski definition) is 1. The van der Waals surface area contributed by atoms with Gasteiger partial charge in [-0.05, 0) is 49.8 Å². The number of nitrogens with zero attached hydrogens (tertiary/aromatic N) is 2. The quantitative estimate of drug-likeness (QED) is 0.417. The van der Waals surface area contributed by atoms with Gasteiger partial charge in [0.25, 0.3) is 5.56 Å². The predicted octanol–water partition coefficient (Wildman–Crippen LogP) is 3.94. The molecule has 1 aromatic heterocycles. The molecular weight excluding hydrogens is 572 g/mol. The van der Waals surface area contributed by atoms with E-state index in [1.54, 1.807) is 36.4 Å². The fourth-order valence-corrected chi connectivity index (χ4v) is 5.62. The monoisotopic (exact) mass is 592 g/mol. The number of ether oxygens (including phenoxy) is 3. The number of fused-ring (bicyclic) bond motifs is 1. The molecule has 0 saturated carbocycles. The van der Waals surface area contributed by atoms with Gasteiger partial charge < -0.3 is 19.3 Å². The van der Waals surface area contributed by atoms with Crippen LogP contribution < -0.4 is 24.4 Å². The van der Waals surface area contributed by atoms with Crippen LogP contribution in [-0.4, -0.2) is 36.0 Å². The van der Waals surface area contributed by atoms with Crippen molar-refractivity contribution in [2.24, 2.45) is 4.99 Å². The lowest BCUT2D eigenvalue weighted by molar-refractivity contribution is -0.136. The summed E-state index contributed by atoms with van der Waals surface area (Å²) in [6, 6.07) is 7.66. The first kappa shape index (κ1) is 26.0. The highest BCUT2D eigenvalue weighted by Gasteiger charge is 2.31. The normalized spacial score (nSPS) is 15.1. The molecule has 0 unspecified atom stereocenters. The standard InChI is InChI=1S/C25H22BrClN2O6S/c1-4-34-18-7-6-13(9-19(18)35-5-2)21-16(24(32)33-3)12-28-25-29(21)23(31)20(36-25)10-14-8-15(26)11-17(27)22(14)30/h6-12,21,30H,4-5H2,1-3H3/b20-10+/t21-/m0/s1. The summed E-state index contributed by atoms with van der Waals surface area (Å²) >= 11 is 10.6. The van der Waals surface area contributed by atoms with E-state index in [-0.39, 0.29) is 21.9 Å². The molecule has 0 fully saturated rings. The SMILES string of the molecule is CCOc1ccc([C@H]2C(C(=O)OC)=CN=c3s/c(=C/c4cc(Br)cc(Cl)c4O)c(=O)n32)cc1OCC. The molecule has 3 aromatic rings. The lowest BCUT2D eigenvalue weighted by atomic mass is 9.97. The van der Waals surface area contributed by atoms with Gasteiger partial charge in [0.15, 0.2) is 16.3 Å².